The topological polar surface area (TPSA) is 66.5 Å². The Kier molecular flexibility index (Phi) is 5.26. The summed E-state index contributed by atoms with van der Waals surface area (Å²) in [5.41, 5.74) is 2.38. The third-order valence-corrected chi connectivity index (χ3v) is 10.5. The average molecular weight is 567 g/mol. The highest BCUT2D eigenvalue weighted by Gasteiger charge is 2.66. The smallest absolute Gasteiger partial charge is 0.255 e. The number of carbonyl (C=O) groups is 3. The summed E-state index contributed by atoms with van der Waals surface area (Å²) in [5.74, 6) is -0.709. The number of benzene rings is 2. The summed E-state index contributed by atoms with van der Waals surface area (Å²) >= 11 is 13.5. The first kappa shape index (κ1) is 21.2. The van der Waals surface area contributed by atoms with Crippen LogP contribution in [0.15, 0.2) is 42.5 Å². The van der Waals surface area contributed by atoms with E-state index in [0.29, 0.717) is 22.0 Å². The lowest BCUT2D eigenvalue weighted by Crippen LogP contribution is -2.37. The molecule has 2 aliphatic carbocycles. The lowest BCUT2D eigenvalue weighted by atomic mass is 9.81. The molecule has 1 heterocycles. The van der Waals surface area contributed by atoms with E-state index in [2.05, 4.69) is 37.2 Å². The molecule has 0 radical (unpaired) electrons. The van der Waals surface area contributed by atoms with Crippen LogP contribution in [0.5, 0.6) is 0 Å². The summed E-state index contributed by atoms with van der Waals surface area (Å²) in [7, 11) is 0. The number of fused-ring (bicyclic) bond motifs is 5. The third kappa shape index (κ3) is 3.19. The maximum atomic E-state index is 13.1. The van der Waals surface area contributed by atoms with Gasteiger partial charge in [0.15, 0.2) is 0 Å². The summed E-state index contributed by atoms with van der Waals surface area (Å²) in [4.78, 5) is 40.7. The number of anilines is 2. The van der Waals surface area contributed by atoms with E-state index < -0.39 is 0 Å². The van der Waals surface area contributed by atoms with Crippen LogP contribution in [0.2, 0.25) is 5.02 Å². The molecule has 0 unspecified atom stereocenters. The Hall–Kier alpha value is -1.70. The van der Waals surface area contributed by atoms with Crippen LogP contribution in [-0.2, 0) is 9.59 Å². The van der Waals surface area contributed by atoms with Crippen LogP contribution in [0.4, 0.5) is 11.4 Å². The molecule has 2 bridgehead atoms. The van der Waals surface area contributed by atoms with E-state index >= 15 is 0 Å². The lowest BCUT2D eigenvalue weighted by Gasteiger charge is -2.28. The van der Waals surface area contributed by atoms with Crippen molar-refractivity contribution in [2.75, 3.05) is 10.2 Å². The summed E-state index contributed by atoms with van der Waals surface area (Å²) in [6, 6.07) is 11.9. The molecule has 0 spiro atoms. The van der Waals surface area contributed by atoms with Crippen LogP contribution in [0.1, 0.15) is 22.3 Å². The molecule has 2 aromatic rings. The number of hydrogen-bond acceptors (Lipinski definition) is 3. The fourth-order valence-electron chi connectivity index (χ4n) is 5.30. The fraction of sp³-hybridized carbons (Fsp3) is 0.348. The molecule has 1 N–H and O–H groups in total. The molecule has 6 atom stereocenters. The molecule has 160 valence electrons. The highest BCUT2D eigenvalue weighted by atomic mass is 79.9. The van der Waals surface area contributed by atoms with Gasteiger partial charge in [0.2, 0.25) is 11.8 Å². The van der Waals surface area contributed by atoms with E-state index in [1.807, 2.05) is 6.92 Å². The normalized spacial score (nSPS) is 31.3. The largest absolute Gasteiger partial charge is 0.322 e. The Bertz CT molecular complexity index is 1070. The molecule has 3 fully saturated rings. The van der Waals surface area contributed by atoms with Gasteiger partial charge < -0.3 is 5.32 Å². The number of nitrogens with zero attached hydrogens (tertiary/aromatic N) is 1. The molecule has 1 aliphatic heterocycles. The fourth-order valence-corrected chi connectivity index (χ4v) is 7.35. The second kappa shape index (κ2) is 7.71. The van der Waals surface area contributed by atoms with E-state index in [1.54, 1.807) is 42.5 Å². The maximum absolute atomic E-state index is 13.1. The van der Waals surface area contributed by atoms with Crippen molar-refractivity contribution in [3.8, 4) is 0 Å². The maximum Gasteiger partial charge on any atom is 0.255 e. The van der Waals surface area contributed by atoms with E-state index in [9.17, 15) is 14.4 Å². The number of rotatable bonds is 3. The summed E-state index contributed by atoms with van der Waals surface area (Å²) in [6.07, 6.45) is 0.897. The van der Waals surface area contributed by atoms with Gasteiger partial charge in [0.05, 0.1) is 17.5 Å². The molecule has 2 saturated carbocycles. The van der Waals surface area contributed by atoms with Crippen molar-refractivity contribution >= 4 is 72.6 Å². The van der Waals surface area contributed by atoms with Crippen LogP contribution in [0.3, 0.4) is 0 Å². The van der Waals surface area contributed by atoms with Crippen molar-refractivity contribution < 1.29 is 14.4 Å². The Balaban J connectivity index is 1.36. The molecule has 3 aliphatic rings. The van der Waals surface area contributed by atoms with Gasteiger partial charge >= 0.3 is 0 Å². The first-order chi connectivity index (χ1) is 14.8. The van der Waals surface area contributed by atoms with Gasteiger partial charge in [-0.25, -0.2) is 0 Å². The van der Waals surface area contributed by atoms with Crippen molar-refractivity contribution in [2.45, 2.75) is 23.0 Å². The van der Waals surface area contributed by atoms with E-state index in [0.717, 1.165) is 12.0 Å². The number of carbonyl (C=O) groups excluding carboxylic acids is 3. The predicted molar refractivity (Wildman–Crippen MR) is 127 cm³/mol. The van der Waals surface area contributed by atoms with Crippen LogP contribution in [0.25, 0.3) is 0 Å². The van der Waals surface area contributed by atoms with Gasteiger partial charge in [0.25, 0.3) is 5.91 Å². The average Bonchev–Trinajstić information content (AvgIpc) is 3.36. The zero-order chi connectivity index (χ0) is 22.0. The summed E-state index contributed by atoms with van der Waals surface area (Å²) < 4.78 is 0. The van der Waals surface area contributed by atoms with Gasteiger partial charge in [-0.05, 0) is 67.1 Å². The van der Waals surface area contributed by atoms with E-state index in [4.69, 9.17) is 11.6 Å². The molecule has 1 saturated heterocycles. The standard InChI is InChI=1S/C23H19Br2ClN2O3/c1-10-15(26)3-2-4-16(10)27-21(29)11-5-7-12(8-6-11)28-22(30)17-13-9-14(18(17)23(28)31)20(25)19(13)24/h2-8,13-14,17-20H,9H2,1H3,(H,27,29)/t13-,14-,17-,18+,19-,20+/m1/s1. The van der Waals surface area contributed by atoms with Crippen LogP contribution in [-0.4, -0.2) is 27.4 Å². The van der Waals surface area contributed by atoms with Crippen molar-refractivity contribution in [2.24, 2.45) is 23.7 Å². The molecule has 31 heavy (non-hydrogen) atoms. The number of hydrogen-bond donors (Lipinski definition) is 1. The van der Waals surface area contributed by atoms with Crippen LogP contribution < -0.4 is 10.2 Å². The second-order valence-corrected chi connectivity index (χ2v) is 11.0. The second-order valence-electron chi connectivity index (χ2n) is 8.43. The highest BCUT2D eigenvalue weighted by molar-refractivity contribution is 9.12. The van der Waals surface area contributed by atoms with Gasteiger partial charge in [-0.3, -0.25) is 19.3 Å². The Morgan fingerprint density at radius 2 is 1.58 bits per heavy atom. The molecule has 0 aromatic heterocycles. The van der Waals surface area contributed by atoms with Gasteiger partial charge in [0.1, 0.15) is 0 Å². The van der Waals surface area contributed by atoms with Gasteiger partial charge in [-0.15, -0.1) is 0 Å². The molecular weight excluding hydrogens is 548 g/mol. The number of nitrogens with one attached hydrogen (secondary N) is 1. The predicted octanol–water partition coefficient (Wildman–Crippen LogP) is 5.18. The minimum atomic E-state index is -0.282. The summed E-state index contributed by atoms with van der Waals surface area (Å²) in [6.45, 7) is 1.84. The minimum absolute atomic E-state index is 0.127. The first-order valence-electron chi connectivity index (χ1n) is 10.1. The van der Waals surface area contributed by atoms with Gasteiger partial charge in [0, 0.05) is 25.9 Å². The summed E-state index contributed by atoms with van der Waals surface area (Å²) in [5, 5.41) is 3.43. The minimum Gasteiger partial charge on any atom is -0.322 e. The molecular formula is C23H19Br2ClN2O3. The number of imide groups is 1. The molecule has 5 rings (SSSR count). The first-order valence-corrected chi connectivity index (χ1v) is 12.3. The van der Waals surface area contributed by atoms with Gasteiger partial charge in [-0.2, -0.15) is 0 Å². The Morgan fingerprint density at radius 1 is 1.00 bits per heavy atom. The van der Waals surface area contributed by atoms with Crippen molar-refractivity contribution in [3.05, 3.63) is 58.6 Å². The van der Waals surface area contributed by atoms with Crippen LogP contribution >= 0.6 is 43.5 Å². The molecule has 5 nitrogen and oxygen atoms in total. The van der Waals surface area contributed by atoms with Crippen molar-refractivity contribution in [1.82, 2.24) is 0 Å². The molecule has 8 heteroatoms. The third-order valence-electron chi connectivity index (χ3n) is 6.89. The SMILES string of the molecule is Cc1c(Cl)cccc1NC(=O)c1ccc(N2C(=O)[C@@H]3[C@H]4C[C@@H]([C@H](Br)[C@@H]4Br)[C@@H]3C2=O)cc1. The van der Waals surface area contributed by atoms with Crippen LogP contribution in [0, 0.1) is 30.6 Å². The number of alkyl halides is 2. The van der Waals surface area contributed by atoms with E-state index in [-0.39, 0.29) is 51.0 Å². The lowest BCUT2D eigenvalue weighted by molar-refractivity contribution is -0.123. The van der Waals surface area contributed by atoms with Crippen molar-refractivity contribution in [1.29, 1.82) is 0 Å². The molecule has 3 amide bonds. The molecule has 2 aromatic carbocycles. The zero-order valence-corrected chi connectivity index (χ0v) is 20.4. The zero-order valence-electron chi connectivity index (χ0n) is 16.5. The highest BCUT2D eigenvalue weighted by Crippen LogP contribution is 2.60. The Labute approximate surface area is 201 Å². The monoisotopic (exact) mass is 564 g/mol. The van der Waals surface area contributed by atoms with Gasteiger partial charge in [-0.1, -0.05) is 49.5 Å². The van der Waals surface area contributed by atoms with Crippen molar-refractivity contribution in [3.63, 3.8) is 0 Å². The number of halogens is 3. The quantitative estimate of drug-likeness (QED) is 0.411. The Morgan fingerprint density at radius 3 is 2.16 bits per heavy atom. The number of amides is 3. The van der Waals surface area contributed by atoms with E-state index in [1.165, 1.54) is 4.90 Å².